The molecule has 0 radical (unpaired) electrons. The van der Waals surface area contributed by atoms with Crippen LogP contribution in [0.15, 0.2) is 12.1 Å². The van der Waals surface area contributed by atoms with Gasteiger partial charge in [0.2, 0.25) is 0 Å². The summed E-state index contributed by atoms with van der Waals surface area (Å²) in [5, 5.41) is 8.90. The molecule has 1 saturated carbocycles. The summed E-state index contributed by atoms with van der Waals surface area (Å²) in [6.45, 7) is 2.75. The van der Waals surface area contributed by atoms with Crippen molar-refractivity contribution < 1.29 is 9.90 Å². The Kier molecular flexibility index (Phi) is 2.81. The molecule has 0 spiro atoms. The van der Waals surface area contributed by atoms with Crippen LogP contribution in [0.2, 0.25) is 0 Å². The van der Waals surface area contributed by atoms with Gasteiger partial charge in [0.25, 0.3) is 0 Å². The molecule has 0 saturated heterocycles. The maximum absolute atomic E-state index is 10.8. The summed E-state index contributed by atoms with van der Waals surface area (Å²) in [7, 11) is 2.00. The molecule has 0 atom stereocenters. The van der Waals surface area contributed by atoms with Crippen molar-refractivity contribution in [2.75, 3.05) is 18.5 Å². The Morgan fingerprint density at radius 1 is 1.56 bits per heavy atom. The molecule has 1 aromatic rings. The monoisotopic (exact) mass is 220 g/mol. The SMILES string of the molecule is Cc1nc(N(C)CC2CC2)ccc1C(=O)O. The van der Waals surface area contributed by atoms with Crippen LogP contribution in [0.3, 0.4) is 0 Å². The zero-order valence-corrected chi connectivity index (χ0v) is 9.60. The molecule has 0 unspecified atom stereocenters. The number of nitrogens with zero attached hydrogens (tertiary/aromatic N) is 2. The first-order chi connectivity index (χ1) is 7.58. The largest absolute Gasteiger partial charge is 0.478 e. The predicted octanol–water partition coefficient (Wildman–Crippen LogP) is 1.93. The van der Waals surface area contributed by atoms with E-state index in [9.17, 15) is 4.79 Å². The molecule has 86 valence electrons. The summed E-state index contributed by atoms with van der Waals surface area (Å²) in [4.78, 5) is 17.3. The molecule has 0 aliphatic heterocycles. The molecule has 1 fully saturated rings. The van der Waals surface area contributed by atoms with E-state index in [4.69, 9.17) is 5.11 Å². The molecule has 1 N–H and O–H groups in total. The minimum Gasteiger partial charge on any atom is -0.478 e. The van der Waals surface area contributed by atoms with Gasteiger partial charge < -0.3 is 10.0 Å². The van der Waals surface area contributed by atoms with Gasteiger partial charge in [0, 0.05) is 13.6 Å². The highest BCUT2D eigenvalue weighted by Gasteiger charge is 2.23. The molecular weight excluding hydrogens is 204 g/mol. The highest BCUT2D eigenvalue weighted by atomic mass is 16.4. The van der Waals surface area contributed by atoms with E-state index < -0.39 is 5.97 Å². The number of aromatic nitrogens is 1. The number of carbonyl (C=O) groups is 1. The standard InChI is InChI=1S/C12H16N2O2/c1-8-10(12(15)16)5-6-11(13-8)14(2)7-9-3-4-9/h5-6,9H,3-4,7H2,1-2H3,(H,15,16). The summed E-state index contributed by atoms with van der Waals surface area (Å²) in [5.41, 5.74) is 0.858. The summed E-state index contributed by atoms with van der Waals surface area (Å²) in [6.07, 6.45) is 2.60. The molecular formula is C12H16N2O2. The molecule has 1 aromatic heterocycles. The van der Waals surface area contributed by atoms with Crippen LogP contribution in [0.4, 0.5) is 5.82 Å². The van der Waals surface area contributed by atoms with Crippen molar-refractivity contribution in [2.45, 2.75) is 19.8 Å². The van der Waals surface area contributed by atoms with Crippen molar-refractivity contribution in [1.29, 1.82) is 0 Å². The quantitative estimate of drug-likeness (QED) is 0.842. The summed E-state index contributed by atoms with van der Waals surface area (Å²) in [6, 6.07) is 3.40. The second-order valence-corrected chi connectivity index (χ2v) is 4.43. The van der Waals surface area contributed by atoms with E-state index in [-0.39, 0.29) is 5.56 Å². The van der Waals surface area contributed by atoms with Crippen LogP contribution in [0.1, 0.15) is 28.9 Å². The van der Waals surface area contributed by atoms with Crippen molar-refractivity contribution in [3.8, 4) is 0 Å². The van der Waals surface area contributed by atoms with E-state index in [2.05, 4.69) is 9.88 Å². The van der Waals surface area contributed by atoms with Gasteiger partial charge in [-0.1, -0.05) is 0 Å². The Bertz CT molecular complexity index is 413. The van der Waals surface area contributed by atoms with Crippen LogP contribution >= 0.6 is 0 Å². The molecule has 4 heteroatoms. The number of hydrogen-bond acceptors (Lipinski definition) is 3. The fourth-order valence-electron chi connectivity index (χ4n) is 1.77. The molecule has 0 aromatic carbocycles. The van der Waals surface area contributed by atoms with E-state index in [0.29, 0.717) is 5.69 Å². The highest BCUT2D eigenvalue weighted by molar-refractivity contribution is 5.89. The number of carboxylic acids is 1. The highest BCUT2D eigenvalue weighted by Crippen LogP contribution is 2.30. The van der Waals surface area contributed by atoms with Gasteiger partial charge in [-0.3, -0.25) is 0 Å². The van der Waals surface area contributed by atoms with E-state index in [1.807, 2.05) is 7.05 Å². The van der Waals surface area contributed by atoms with Crippen LogP contribution in [-0.2, 0) is 0 Å². The van der Waals surface area contributed by atoms with Gasteiger partial charge in [0.1, 0.15) is 5.82 Å². The van der Waals surface area contributed by atoms with Gasteiger partial charge in [-0.15, -0.1) is 0 Å². The summed E-state index contributed by atoms with van der Waals surface area (Å²) in [5.74, 6) is 0.738. The third-order valence-electron chi connectivity index (χ3n) is 2.92. The van der Waals surface area contributed by atoms with Crippen molar-refractivity contribution in [2.24, 2.45) is 5.92 Å². The fraction of sp³-hybridized carbons (Fsp3) is 0.500. The van der Waals surface area contributed by atoms with Crippen LogP contribution in [0, 0.1) is 12.8 Å². The van der Waals surface area contributed by atoms with Crippen LogP contribution in [0.25, 0.3) is 0 Å². The van der Waals surface area contributed by atoms with Gasteiger partial charge in [0.15, 0.2) is 0 Å². The Morgan fingerprint density at radius 2 is 2.25 bits per heavy atom. The Labute approximate surface area is 94.9 Å². The Hall–Kier alpha value is -1.58. The maximum atomic E-state index is 10.8. The van der Waals surface area contributed by atoms with Gasteiger partial charge in [0.05, 0.1) is 11.3 Å². The number of anilines is 1. The number of pyridine rings is 1. The van der Waals surface area contributed by atoms with E-state index >= 15 is 0 Å². The van der Waals surface area contributed by atoms with E-state index in [0.717, 1.165) is 18.3 Å². The second-order valence-electron chi connectivity index (χ2n) is 4.43. The van der Waals surface area contributed by atoms with Crippen molar-refractivity contribution in [3.63, 3.8) is 0 Å². The lowest BCUT2D eigenvalue weighted by atomic mass is 10.2. The van der Waals surface area contributed by atoms with Crippen molar-refractivity contribution >= 4 is 11.8 Å². The van der Waals surface area contributed by atoms with Crippen molar-refractivity contribution in [1.82, 2.24) is 4.98 Å². The second kappa shape index (κ2) is 4.12. The first-order valence-corrected chi connectivity index (χ1v) is 5.50. The Balaban J connectivity index is 2.15. The molecule has 2 rings (SSSR count). The smallest absolute Gasteiger partial charge is 0.337 e. The summed E-state index contributed by atoms with van der Waals surface area (Å²) >= 11 is 0. The average molecular weight is 220 g/mol. The molecule has 1 aliphatic carbocycles. The number of aromatic carboxylic acids is 1. The third-order valence-corrected chi connectivity index (χ3v) is 2.92. The number of carboxylic acid groups (broad SMARTS) is 1. The zero-order chi connectivity index (χ0) is 11.7. The molecule has 16 heavy (non-hydrogen) atoms. The molecule has 1 heterocycles. The van der Waals surface area contributed by atoms with Crippen LogP contribution in [0.5, 0.6) is 0 Å². The first-order valence-electron chi connectivity index (χ1n) is 5.50. The lowest BCUT2D eigenvalue weighted by molar-refractivity contribution is 0.0695. The molecule has 4 nitrogen and oxygen atoms in total. The first kappa shape index (κ1) is 10.9. The molecule has 0 amide bonds. The van der Waals surface area contributed by atoms with E-state index in [1.165, 1.54) is 12.8 Å². The molecule has 1 aliphatic rings. The zero-order valence-electron chi connectivity index (χ0n) is 9.60. The van der Waals surface area contributed by atoms with Crippen molar-refractivity contribution in [3.05, 3.63) is 23.4 Å². The lowest BCUT2D eigenvalue weighted by Gasteiger charge is -2.18. The van der Waals surface area contributed by atoms with E-state index in [1.54, 1.807) is 19.1 Å². The number of aryl methyl sites for hydroxylation is 1. The third kappa shape index (κ3) is 2.32. The van der Waals surface area contributed by atoms with Gasteiger partial charge in [-0.25, -0.2) is 9.78 Å². The Morgan fingerprint density at radius 3 is 2.75 bits per heavy atom. The topological polar surface area (TPSA) is 53.4 Å². The van der Waals surface area contributed by atoms with Gasteiger partial charge >= 0.3 is 5.97 Å². The average Bonchev–Trinajstić information content (AvgIpc) is 3.00. The lowest BCUT2D eigenvalue weighted by Crippen LogP contribution is -2.21. The predicted molar refractivity (Wildman–Crippen MR) is 61.9 cm³/mol. The van der Waals surface area contributed by atoms with Crippen LogP contribution in [-0.4, -0.2) is 29.7 Å². The molecule has 0 bridgehead atoms. The summed E-state index contributed by atoms with van der Waals surface area (Å²) < 4.78 is 0. The van der Waals surface area contributed by atoms with Gasteiger partial charge in [-0.2, -0.15) is 0 Å². The minimum atomic E-state index is -0.915. The number of rotatable bonds is 4. The fourth-order valence-corrected chi connectivity index (χ4v) is 1.77. The maximum Gasteiger partial charge on any atom is 0.337 e. The normalized spacial score (nSPS) is 14.9. The minimum absolute atomic E-state index is 0.281. The van der Waals surface area contributed by atoms with Gasteiger partial charge in [-0.05, 0) is 37.8 Å². The number of hydrogen-bond donors (Lipinski definition) is 1. The van der Waals surface area contributed by atoms with Crippen LogP contribution < -0.4 is 4.90 Å².